The van der Waals surface area contributed by atoms with Crippen LogP contribution >= 0.6 is 0 Å². The molecule has 1 heteroatoms. The molecule has 232 valence electrons. The first kappa shape index (κ1) is 34.6. The monoisotopic (exact) mass is 586 g/mol. The fourth-order valence-corrected chi connectivity index (χ4v) is 4.83. The molecule has 3 saturated carbocycles. The normalized spacial score (nSPS) is 14.4. The van der Waals surface area contributed by atoms with Gasteiger partial charge in [0, 0.05) is 0 Å². The number of hydrogen-bond donors (Lipinski definition) is 0. The van der Waals surface area contributed by atoms with Crippen LogP contribution in [0.3, 0.4) is 0 Å². The summed E-state index contributed by atoms with van der Waals surface area (Å²) in [5.41, 5.74) is 0. The molecule has 3 aliphatic carbocycles. The Bertz CT molecular complexity index is 1140. The molecule has 44 heavy (non-hydrogen) atoms. The lowest BCUT2D eigenvalue weighted by molar-refractivity contribution is 0.482. The molecule has 3 fully saturated rings. The van der Waals surface area contributed by atoms with E-state index in [2.05, 4.69) is 48.5 Å². The largest absolute Gasteiger partial charge is 0.457 e. The maximum absolute atomic E-state index is 5.58. The minimum atomic E-state index is 0.869. The van der Waals surface area contributed by atoms with E-state index in [-0.39, 0.29) is 0 Å². The summed E-state index contributed by atoms with van der Waals surface area (Å²) in [6, 6.07) is 48.2. The van der Waals surface area contributed by atoms with Crippen LogP contribution in [0.4, 0.5) is 0 Å². The van der Waals surface area contributed by atoms with Gasteiger partial charge in [-0.15, -0.1) is 0 Å². The molecule has 0 radical (unpaired) electrons. The highest BCUT2D eigenvalue weighted by Crippen LogP contribution is 2.20. The maximum Gasteiger partial charge on any atom is 0.127 e. The summed E-state index contributed by atoms with van der Waals surface area (Å²) in [5.74, 6) is 1.74. The van der Waals surface area contributed by atoms with Crippen LogP contribution in [0.25, 0.3) is 10.8 Å². The van der Waals surface area contributed by atoms with Gasteiger partial charge in [-0.1, -0.05) is 218 Å². The number of hydrogen-bond acceptors (Lipinski definition) is 1. The Hall–Kier alpha value is -3.84. The van der Waals surface area contributed by atoms with Crippen molar-refractivity contribution in [2.45, 2.75) is 96.3 Å². The third kappa shape index (κ3) is 17.3. The molecule has 0 amide bonds. The van der Waals surface area contributed by atoms with Crippen molar-refractivity contribution in [1.29, 1.82) is 0 Å². The van der Waals surface area contributed by atoms with Crippen molar-refractivity contribution >= 4 is 10.8 Å². The highest BCUT2D eigenvalue weighted by molar-refractivity contribution is 5.82. The lowest BCUT2D eigenvalue weighted by Crippen LogP contribution is -1.85. The Labute approximate surface area is 268 Å². The second-order valence-corrected chi connectivity index (χ2v) is 11.5. The molecule has 0 saturated heterocycles. The molecule has 8 rings (SSSR count). The van der Waals surface area contributed by atoms with Gasteiger partial charge in [0.05, 0.1) is 0 Å². The molecule has 5 aromatic carbocycles. The zero-order valence-electron chi connectivity index (χ0n) is 26.9. The second-order valence-electron chi connectivity index (χ2n) is 11.5. The molecule has 0 aromatic heterocycles. The molecule has 5 aromatic rings. The Kier molecular flexibility index (Phi) is 19.4. The first-order valence-corrected chi connectivity index (χ1v) is 17.1. The predicted octanol–water partition coefficient (Wildman–Crippen LogP) is 13.9. The zero-order valence-corrected chi connectivity index (χ0v) is 26.9. The second kappa shape index (κ2) is 24.6. The molecule has 0 spiro atoms. The average Bonchev–Trinajstić information content (AvgIpc) is 3.69. The van der Waals surface area contributed by atoms with E-state index in [1.165, 1.54) is 107 Å². The van der Waals surface area contributed by atoms with Crippen molar-refractivity contribution in [3.05, 3.63) is 146 Å². The molecule has 3 aliphatic rings. The minimum Gasteiger partial charge on any atom is -0.457 e. The van der Waals surface area contributed by atoms with Crippen LogP contribution in [0.15, 0.2) is 146 Å². The predicted molar refractivity (Wildman–Crippen MR) is 193 cm³/mol. The summed E-state index contributed by atoms with van der Waals surface area (Å²) >= 11 is 0. The van der Waals surface area contributed by atoms with E-state index >= 15 is 0 Å². The average molecular weight is 587 g/mol. The van der Waals surface area contributed by atoms with Crippen LogP contribution in [0.5, 0.6) is 11.5 Å². The van der Waals surface area contributed by atoms with Crippen molar-refractivity contribution in [2.24, 2.45) is 0 Å². The topological polar surface area (TPSA) is 9.23 Å². The highest BCUT2D eigenvalue weighted by Gasteiger charge is 1.96. The van der Waals surface area contributed by atoms with Crippen molar-refractivity contribution in [1.82, 2.24) is 0 Å². The van der Waals surface area contributed by atoms with Gasteiger partial charge in [-0.3, -0.25) is 0 Å². The van der Waals surface area contributed by atoms with Crippen molar-refractivity contribution in [3.63, 3.8) is 0 Å². The van der Waals surface area contributed by atoms with E-state index in [1.54, 1.807) is 0 Å². The molecule has 1 nitrogen and oxygen atoms in total. The van der Waals surface area contributed by atoms with Gasteiger partial charge in [-0.05, 0) is 35.0 Å². The van der Waals surface area contributed by atoms with Crippen LogP contribution in [0, 0.1) is 0 Å². The summed E-state index contributed by atoms with van der Waals surface area (Å²) < 4.78 is 5.58. The van der Waals surface area contributed by atoms with Crippen molar-refractivity contribution in [2.75, 3.05) is 0 Å². The zero-order chi connectivity index (χ0) is 30.6. The summed E-state index contributed by atoms with van der Waals surface area (Å²) in [5, 5.41) is 2.62. The molecule has 0 heterocycles. The number of fused-ring (bicyclic) bond motifs is 1. The van der Waals surface area contributed by atoms with Gasteiger partial charge in [0.2, 0.25) is 0 Å². The van der Waals surface area contributed by atoms with Crippen LogP contribution in [-0.2, 0) is 0 Å². The van der Waals surface area contributed by atoms with Crippen LogP contribution in [0.2, 0.25) is 0 Å². The lowest BCUT2D eigenvalue weighted by Gasteiger charge is -2.05. The van der Waals surface area contributed by atoms with Crippen LogP contribution in [-0.4, -0.2) is 0 Å². The molecule has 0 bridgehead atoms. The molecule has 0 aliphatic heterocycles. The van der Waals surface area contributed by atoms with E-state index < -0.39 is 0 Å². The highest BCUT2D eigenvalue weighted by atomic mass is 16.5. The summed E-state index contributed by atoms with van der Waals surface area (Å²) in [6.45, 7) is 0. The van der Waals surface area contributed by atoms with Gasteiger partial charge in [0.1, 0.15) is 11.5 Å². The quantitative estimate of drug-likeness (QED) is 0.200. The lowest BCUT2D eigenvalue weighted by atomic mass is 10.0. The smallest absolute Gasteiger partial charge is 0.127 e. The number of benzene rings is 5. The van der Waals surface area contributed by atoms with Gasteiger partial charge < -0.3 is 4.74 Å². The van der Waals surface area contributed by atoms with Crippen molar-refractivity contribution in [3.8, 4) is 11.5 Å². The van der Waals surface area contributed by atoms with E-state index in [0.717, 1.165) is 11.5 Å². The van der Waals surface area contributed by atoms with Gasteiger partial charge in [0.15, 0.2) is 0 Å². The third-order valence-corrected chi connectivity index (χ3v) is 7.80. The van der Waals surface area contributed by atoms with E-state index in [0.29, 0.717) is 0 Å². The standard InChI is InChI=1S/C12H10O.C10H8.C6H12.C6H6.C5H10.C4H8/c1-3-7-11(8-4-1)13-12-9-5-2-6-10-12;1-2-6-10-8-4-3-7-9(10)5-1;2*1-2-4-6-5-3-1;1-2-4-5-3-1;1-2-4-3-1/h1-10H;1-8H;1-6H2;1-6H;1-5H2;1-4H2. The van der Waals surface area contributed by atoms with Crippen LogP contribution in [0.1, 0.15) is 96.3 Å². The van der Waals surface area contributed by atoms with E-state index in [1.807, 2.05) is 97.1 Å². The Morgan fingerprint density at radius 3 is 0.636 bits per heavy atom. The first-order chi connectivity index (χ1) is 21.9. The van der Waals surface area contributed by atoms with Gasteiger partial charge in [-0.25, -0.2) is 0 Å². The third-order valence-electron chi connectivity index (χ3n) is 7.80. The van der Waals surface area contributed by atoms with Gasteiger partial charge >= 0.3 is 0 Å². The summed E-state index contributed by atoms with van der Waals surface area (Å²) in [6.07, 6.45) is 22.5. The molecule has 0 atom stereocenters. The van der Waals surface area contributed by atoms with Gasteiger partial charge in [-0.2, -0.15) is 0 Å². The fourth-order valence-electron chi connectivity index (χ4n) is 4.83. The molecular weight excluding hydrogens is 532 g/mol. The SMILES string of the molecule is C1CCC1.C1CCCC1.C1CCCCC1.c1ccc(Oc2ccccc2)cc1.c1ccc2ccccc2c1.c1ccccc1. The Morgan fingerprint density at radius 2 is 0.409 bits per heavy atom. The number of rotatable bonds is 2. The Balaban J connectivity index is 0.000000152. The minimum absolute atomic E-state index is 0.869. The maximum atomic E-state index is 5.58. The number of para-hydroxylation sites is 2. The van der Waals surface area contributed by atoms with Gasteiger partial charge in [0.25, 0.3) is 0 Å². The van der Waals surface area contributed by atoms with Crippen LogP contribution < -0.4 is 4.74 Å². The summed E-state index contributed by atoms with van der Waals surface area (Å²) in [7, 11) is 0. The first-order valence-electron chi connectivity index (χ1n) is 17.1. The summed E-state index contributed by atoms with van der Waals surface area (Å²) in [4.78, 5) is 0. The molecular formula is C43H54O. The molecule has 0 unspecified atom stereocenters. The van der Waals surface area contributed by atoms with E-state index in [9.17, 15) is 0 Å². The number of ether oxygens (including phenoxy) is 1. The molecule has 0 N–H and O–H groups in total. The van der Waals surface area contributed by atoms with Crippen molar-refractivity contribution < 1.29 is 4.74 Å². The van der Waals surface area contributed by atoms with E-state index in [4.69, 9.17) is 4.74 Å². The Morgan fingerprint density at radius 1 is 0.227 bits per heavy atom. The fraction of sp³-hybridized carbons (Fsp3) is 0.349.